The van der Waals surface area contributed by atoms with E-state index >= 15 is 0 Å². The van der Waals surface area contributed by atoms with E-state index in [1.807, 2.05) is 0 Å². The number of ether oxygens (including phenoxy) is 2. The number of hydrogen-bond donors (Lipinski definition) is 2. The molecule has 0 radical (unpaired) electrons. The van der Waals surface area contributed by atoms with Gasteiger partial charge in [-0.2, -0.15) is 0 Å². The zero-order chi connectivity index (χ0) is 17.0. The molecule has 0 fully saturated rings. The average molecular weight is 357 g/mol. The number of carbonyl (C=O) groups is 2. The lowest BCUT2D eigenvalue weighted by atomic mass is 10.3. The Morgan fingerprint density at radius 3 is 2.35 bits per heavy atom. The zero-order valence-electron chi connectivity index (χ0n) is 12.9. The van der Waals surface area contributed by atoms with Crippen molar-refractivity contribution >= 4 is 19.8 Å². The highest BCUT2D eigenvalue weighted by Gasteiger charge is 2.25. The fourth-order valence-electron chi connectivity index (χ4n) is 1.24. The summed E-state index contributed by atoms with van der Waals surface area (Å²) >= 11 is 0. The average Bonchev–Trinajstić information content (AvgIpc) is 2.47. The number of phosphoric acid groups is 1. The van der Waals surface area contributed by atoms with Gasteiger partial charge < -0.3 is 20.1 Å². The highest BCUT2D eigenvalue weighted by atomic mass is 31.2. The van der Waals surface area contributed by atoms with Crippen LogP contribution in [-0.4, -0.2) is 49.3 Å². The molecule has 0 aliphatic carbocycles. The van der Waals surface area contributed by atoms with Gasteiger partial charge in [0.05, 0.1) is 13.2 Å². The molecule has 0 saturated carbocycles. The van der Waals surface area contributed by atoms with Gasteiger partial charge in [0.2, 0.25) is 0 Å². The molecule has 0 aromatic heterocycles. The summed E-state index contributed by atoms with van der Waals surface area (Å²) in [6.45, 7) is 2.60. The van der Waals surface area contributed by atoms with Crippen LogP contribution in [0.3, 0.4) is 0 Å². The monoisotopic (exact) mass is 357 g/mol. The zero-order valence-corrected chi connectivity index (χ0v) is 13.8. The molecular weight excluding hydrogens is 329 g/mol. The topological polar surface area (TPSA) is 134 Å². The Hall–Kier alpha value is -0.990. The molecule has 0 bridgehead atoms. The highest BCUT2D eigenvalue weighted by molar-refractivity contribution is 7.47. The van der Waals surface area contributed by atoms with Crippen LogP contribution in [0.4, 0.5) is 0 Å². The van der Waals surface area contributed by atoms with Crippen LogP contribution in [0.25, 0.3) is 0 Å². The van der Waals surface area contributed by atoms with Crippen molar-refractivity contribution in [2.24, 2.45) is 5.73 Å². The molecule has 0 heterocycles. The fourth-order valence-corrected chi connectivity index (χ4v) is 2.00. The molecular formula is C13H28NO8P. The molecule has 2 atom stereocenters. The summed E-state index contributed by atoms with van der Waals surface area (Å²) in [6.07, 6.45) is -0.0662. The summed E-state index contributed by atoms with van der Waals surface area (Å²) in [5, 5.41) is 0. The molecule has 0 aliphatic rings. The van der Waals surface area contributed by atoms with Gasteiger partial charge in [-0.25, -0.2) is 4.57 Å². The van der Waals surface area contributed by atoms with Gasteiger partial charge in [0.25, 0.3) is 0 Å². The maximum absolute atomic E-state index is 11.5. The minimum absolute atomic E-state index is 0. The fraction of sp³-hybridized carbons (Fsp3) is 0.846. The van der Waals surface area contributed by atoms with Crippen molar-refractivity contribution in [2.75, 3.05) is 26.4 Å². The van der Waals surface area contributed by atoms with Gasteiger partial charge in [0.1, 0.15) is 6.61 Å². The minimum atomic E-state index is -4.29. The summed E-state index contributed by atoms with van der Waals surface area (Å²) in [7, 11) is -4.29. The first-order chi connectivity index (χ1) is 10.3. The molecule has 0 spiro atoms. The number of carbonyl (C=O) groups excluding carboxylic acids is 2. The lowest BCUT2D eigenvalue weighted by Gasteiger charge is -2.19. The number of nitrogens with two attached hydrogens (primary N) is 1. The standard InChI is InChI=1S/C12H24NO8P.CH4/c1-3-5-12(15)21-10(8-18-11(14)4-2)9-20-22(16,17)19-7-6-13;/h10H,3-9,13H2,1-2H3,(H,16,17);1H4/t10-;/m0./s1. The first-order valence-corrected chi connectivity index (χ1v) is 8.51. The summed E-state index contributed by atoms with van der Waals surface area (Å²) in [5.41, 5.74) is 5.15. The van der Waals surface area contributed by atoms with Crippen LogP contribution in [-0.2, 0) is 32.7 Å². The Morgan fingerprint density at radius 1 is 1.17 bits per heavy atom. The first-order valence-electron chi connectivity index (χ1n) is 7.01. The van der Waals surface area contributed by atoms with E-state index < -0.39 is 32.5 Å². The molecule has 23 heavy (non-hydrogen) atoms. The van der Waals surface area contributed by atoms with Crippen LogP contribution in [0.15, 0.2) is 0 Å². The summed E-state index contributed by atoms with van der Waals surface area (Å²) in [4.78, 5) is 32.0. The summed E-state index contributed by atoms with van der Waals surface area (Å²) in [6, 6.07) is 0. The third-order valence-electron chi connectivity index (χ3n) is 2.27. The van der Waals surface area contributed by atoms with Crippen molar-refractivity contribution in [3.05, 3.63) is 0 Å². The molecule has 0 amide bonds. The van der Waals surface area contributed by atoms with E-state index in [0.29, 0.717) is 6.42 Å². The Morgan fingerprint density at radius 2 is 1.83 bits per heavy atom. The lowest BCUT2D eigenvalue weighted by Crippen LogP contribution is -2.29. The van der Waals surface area contributed by atoms with Crippen LogP contribution in [0.5, 0.6) is 0 Å². The predicted molar refractivity (Wildman–Crippen MR) is 83.6 cm³/mol. The second kappa shape index (κ2) is 13.4. The van der Waals surface area contributed by atoms with Gasteiger partial charge in [0, 0.05) is 19.4 Å². The molecule has 0 aromatic carbocycles. The molecule has 3 N–H and O–H groups in total. The Kier molecular flexibility index (Phi) is 14.2. The van der Waals surface area contributed by atoms with Crippen molar-refractivity contribution < 1.29 is 37.6 Å². The summed E-state index contributed by atoms with van der Waals surface area (Å²) in [5.74, 6) is -0.998. The van der Waals surface area contributed by atoms with Gasteiger partial charge >= 0.3 is 19.8 Å². The predicted octanol–water partition coefficient (Wildman–Crippen LogP) is 1.38. The van der Waals surface area contributed by atoms with E-state index in [1.165, 1.54) is 0 Å². The molecule has 0 rings (SSSR count). The largest absolute Gasteiger partial charge is 0.472 e. The van der Waals surface area contributed by atoms with E-state index in [2.05, 4.69) is 4.52 Å². The third kappa shape index (κ3) is 13.2. The number of rotatable bonds is 12. The molecule has 138 valence electrons. The SMILES string of the molecule is C.CCCC(=O)O[C@@H](COC(=O)CC)COP(=O)(O)OCCN. The van der Waals surface area contributed by atoms with Crippen molar-refractivity contribution in [1.29, 1.82) is 0 Å². The van der Waals surface area contributed by atoms with Crippen LogP contribution >= 0.6 is 7.82 Å². The lowest BCUT2D eigenvalue weighted by molar-refractivity contribution is -0.161. The van der Waals surface area contributed by atoms with Gasteiger partial charge in [-0.05, 0) is 6.42 Å². The maximum atomic E-state index is 11.5. The quantitative estimate of drug-likeness (QED) is 0.392. The molecule has 10 heteroatoms. The van der Waals surface area contributed by atoms with Gasteiger partial charge in [-0.15, -0.1) is 0 Å². The summed E-state index contributed by atoms with van der Waals surface area (Å²) < 4.78 is 30.6. The van der Waals surface area contributed by atoms with Crippen LogP contribution in [0, 0.1) is 0 Å². The second-order valence-corrected chi connectivity index (χ2v) is 5.74. The van der Waals surface area contributed by atoms with Gasteiger partial charge in [-0.3, -0.25) is 18.6 Å². The molecule has 0 saturated heterocycles. The highest BCUT2D eigenvalue weighted by Crippen LogP contribution is 2.43. The molecule has 1 unspecified atom stereocenters. The Bertz CT molecular complexity index is 390. The molecule has 0 aromatic rings. The number of phosphoric ester groups is 1. The van der Waals surface area contributed by atoms with Gasteiger partial charge in [0.15, 0.2) is 6.10 Å². The van der Waals surface area contributed by atoms with Gasteiger partial charge in [-0.1, -0.05) is 21.3 Å². The minimum Gasteiger partial charge on any atom is -0.462 e. The van der Waals surface area contributed by atoms with Crippen molar-refractivity contribution in [2.45, 2.75) is 46.6 Å². The maximum Gasteiger partial charge on any atom is 0.472 e. The van der Waals surface area contributed by atoms with E-state index in [0.717, 1.165) is 0 Å². The van der Waals surface area contributed by atoms with Crippen LogP contribution in [0.1, 0.15) is 40.5 Å². The number of hydrogen-bond acceptors (Lipinski definition) is 8. The van der Waals surface area contributed by atoms with E-state index in [1.54, 1.807) is 13.8 Å². The first kappa shape index (κ1) is 24.3. The molecule has 0 aliphatic heterocycles. The van der Waals surface area contributed by atoms with E-state index in [9.17, 15) is 19.0 Å². The molecule has 9 nitrogen and oxygen atoms in total. The normalized spacial score (nSPS) is 14.3. The van der Waals surface area contributed by atoms with E-state index in [-0.39, 0.29) is 40.0 Å². The number of esters is 2. The second-order valence-electron chi connectivity index (χ2n) is 4.28. The Balaban J connectivity index is 0. The Labute approximate surface area is 137 Å². The van der Waals surface area contributed by atoms with Crippen molar-refractivity contribution in [1.82, 2.24) is 0 Å². The van der Waals surface area contributed by atoms with Crippen molar-refractivity contribution in [3.63, 3.8) is 0 Å². The van der Waals surface area contributed by atoms with Crippen LogP contribution < -0.4 is 5.73 Å². The van der Waals surface area contributed by atoms with E-state index in [4.69, 9.17) is 19.7 Å². The third-order valence-corrected chi connectivity index (χ3v) is 3.25. The van der Waals surface area contributed by atoms with Crippen LogP contribution in [0.2, 0.25) is 0 Å². The van der Waals surface area contributed by atoms with Crippen molar-refractivity contribution in [3.8, 4) is 0 Å². The smallest absolute Gasteiger partial charge is 0.462 e.